The molecule has 0 saturated heterocycles. The standard InChI is InChI=1S/C15H14N4/c16-9-14-7-11(3-5-18-14)10-19-6-4-12-1-2-13(17)8-15(12)19/h1-3,5,7-8H,4,6,10,17H2. The summed E-state index contributed by atoms with van der Waals surface area (Å²) in [4.78, 5) is 6.29. The van der Waals surface area contributed by atoms with Crippen LogP contribution in [0.1, 0.15) is 16.8 Å². The zero-order chi connectivity index (χ0) is 13.2. The lowest BCUT2D eigenvalue weighted by Crippen LogP contribution is -2.19. The molecule has 1 aromatic carbocycles. The smallest absolute Gasteiger partial charge is 0.140 e. The highest BCUT2D eigenvalue weighted by atomic mass is 15.1. The highest BCUT2D eigenvalue weighted by molar-refractivity contribution is 5.64. The van der Waals surface area contributed by atoms with E-state index in [1.165, 1.54) is 11.3 Å². The average molecular weight is 250 g/mol. The molecule has 2 aromatic rings. The maximum Gasteiger partial charge on any atom is 0.140 e. The summed E-state index contributed by atoms with van der Waals surface area (Å²) in [6, 6.07) is 11.9. The Labute approximate surface area is 112 Å². The van der Waals surface area contributed by atoms with Crippen molar-refractivity contribution in [2.75, 3.05) is 17.2 Å². The topological polar surface area (TPSA) is 65.9 Å². The number of rotatable bonds is 2. The lowest BCUT2D eigenvalue weighted by atomic mass is 10.1. The number of nitrogens with two attached hydrogens (primary N) is 1. The Morgan fingerprint density at radius 3 is 3.05 bits per heavy atom. The first-order valence-electron chi connectivity index (χ1n) is 6.24. The molecule has 0 bridgehead atoms. The van der Waals surface area contributed by atoms with Crippen LogP contribution in [0.3, 0.4) is 0 Å². The van der Waals surface area contributed by atoms with Crippen molar-refractivity contribution in [1.82, 2.24) is 4.98 Å². The molecule has 4 nitrogen and oxygen atoms in total. The minimum atomic E-state index is 0.462. The van der Waals surface area contributed by atoms with E-state index in [-0.39, 0.29) is 0 Å². The number of aromatic nitrogens is 1. The molecule has 0 saturated carbocycles. The van der Waals surface area contributed by atoms with Crippen LogP contribution in [0.4, 0.5) is 11.4 Å². The van der Waals surface area contributed by atoms with Crippen molar-refractivity contribution < 1.29 is 0 Å². The van der Waals surface area contributed by atoms with Crippen molar-refractivity contribution in [2.45, 2.75) is 13.0 Å². The van der Waals surface area contributed by atoms with Crippen LogP contribution in [0.2, 0.25) is 0 Å². The van der Waals surface area contributed by atoms with Gasteiger partial charge in [-0.15, -0.1) is 0 Å². The van der Waals surface area contributed by atoms with E-state index < -0.39 is 0 Å². The molecule has 4 heteroatoms. The molecule has 0 radical (unpaired) electrons. The summed E-state index contributed by atoms with van der Waals surface area (Å²) in [6.07, 6.45) is 2.73. The highest BCUT2D eigenvalue weighted by Crippen LogP contribution is 2.31. The SMILES string of the molecule is N#Cc1cc(CN2CCc3ccc(N)cc32)ccn1. The molecule has 0 spiro atoms. The molecule has 0 aliphatic carbocycles. The molecule has 0 amide bonds. The summed E-state index contributed by atoms with van der Waals surface area (Å²) in [5, 5.41) is 8.87. The van der Waals surface area contributed by atoms with Gasteiger partial charge in [-0.25, -0.2) is 4.98 Å². The second kappa shape index (κ2) is 4.62. The fourth-order valence-electron chi connectivity index (χ4n) is 2.48. The van der Waals surface area contributed by atoms with Gasteiger partial charge in [-0.2, -0.15) is 5.26 Å². The molecule has 2 heterocycles. The summed E-state index contributed by atoms with van der Waals surface area (Å²) in [5.74, 6) is 0. The predicted octanol–water partition coefficient (Wildman–Crippen LogP) is 2.10. The molecule has 1 aliphatic rings. The molecule has 19 heavy (non-hydrogen) atoms. The molecule has 94 valence electrons. The van der Waals surface area contributed by atoms with E-state index in [9.17, 15) is 0 Å². The fourth-order valence-corrected chi connectivity index (χ4v) is 2.48. The Bertz CT molecular complexity index is 657. The second-order valence-electron chi connectivity index (χ2n) is 4.72. The Morgan fingerprint density at radius 2 is 2.21 bits per heavy atom. The third-order valence-electron chi connectivity index (χ3n) is 3.41. The van der Waals surface area contributed by atoms with Gasteiger partial charge in [-0.05, 0) is 41.8 Å². The van der Waals surface area contributed by atoms with Gasteiger partial charge < -0.3 is 10.6 Å². The quantitative estimate of drug-likeness (QED) is 0.829. The van der Waals surface area contributed by atoms with E-state index >= 15 is 0 Å². The van der Waals surface area contributed by atoms with Gasteiger partial charge in [-0.1, -0.05) is 6.07 Å². The molecular weight excluding hydrogens is 236 g/mol. The van der Waals surface area contributed by atoms with Crippen LogP contribution in [0.5, 0.6) is 0 Å². The molecule has 2 N–H and O–H groups in total. The summed E-state index contributed by atoms with van der Waals surface area (Å²) < 4.78 is 0. The van der Waals surface area contributed by atoms with Crippen molar-refractivity contribution in [3.63, 3.8) is 0 Å². The number of nitrogen functional groups attached to an aromatic ring is 1. The van der Waals surface area contributed by atoms with Gasteiger partial charge in [0.15, 0.2) is 0 Å². The van der Waals surface area contributed by atoms with Crippen molar-refractivity contribution in [1.29, 1.82) is 5.26 Å². The van der Waals surface area contributed by atoms with Gasteiger partial charge in [0.05, 0.1) is 0 Å². The largest absolute Gasteiger partial charge is 0.399 e. The van der Waals surface area contributed by atoms with E-state index in [1.807, 2.05) is 24.3 Å². The summed E-state index contributed by atoms with van der Waals surface area (Å²) in [5.41, 5.74) is 10.7. The van der Waals surface area contributed by atoms with Crippen LogP contribution in [-0.4, -0.2) is 11.5 Å². The summed E-state index contributed by atoms with van der Waals surface area (Å²) >= 11 is 0. The predicted molar refractivity (Wildman–Crippen MR) is 74.6 cm³/mol. The monoisotopic (exact) mass is 250 g/mol. The van der Waals surface area contributed by atoms with Crippen molar-refractivity contribution in [2.24, 2.45) is 0 Å². The second-order valence-corrected chi connectivity index (χ2v) is 4.72. The zero-order valence-electron chi connectivity index (χ0n) is 10.5. The Morgan fingerprint density at radius 1 is 1.32 bits per heavy atom. The minimum Gasteiger partial charge on any atom is -0.399 e. The van der Waals surface area contributed by atoms with Gasteiger partial charge in [0, 0.05) is 30.7 Å². The maximum atomic E-state index is 8.87. The zero-order valence-corrected chi connectivity index (χ0v) is 10.5. The van der Waals surface area contributed by atoms with Crippen molar-refractivity contribution in [3.05, 3.63) is 53.3 Å². The van der Waals surface area contributed by atoms with Crippen LogP contribution in [0.15, 0.2) is 36.5 Å². The molecular formula is C15H14N4. The van der Waals surface area contributed by atoms with Crippen molar-refractivity contribution in [3.8, 4) is 6.07 Å². The average Bonchev–Trinajstić information content (AvgIpc) is 2.81. The van der Waals surface area contributed by atoms with Gasteiger partial charge in [-0.3, -0.25) is 0 Å². The minimum absolute atomic E-state index is 0.462. The summed E-state index contributed by atoms with van der Waals surface area (Å²) in [6.45, 7) is 1.77. The third kappa shape index (κ3) is 2.23. The molecule has 3 rings (SSSR count). The molecule has 0 fully saturated rings. The molecule has 0 atom stereocenters. The van der Waals surface area contributed by atoms with E-state index in [2.05, 4.69) is 22.0 Å². The first-order valence-corrected chi connectivity index (χ1v) is 6.24. The van der Waals surface area contributed by atoms with E-state index in [0.29, 0.717) is 5.69 Å². The lowest BCUT2D eigenvalue weighted by Gasteiger charge is -2.19. The van der Waals surface area contributed by atoms with Gasteiger partial charge in [0.1, 0.15) is 11.8 Å². The Balaban J connectivity index is 1.86. The maximum absolute atomic E-state index is 8.87. The van der Waals surface area contributed by atoms with E-state index in [1.54, 1.807) is 6.20 Å². The lowest BCUT2D eigenvalue weighted by molar-refractivity contribution is 0.834. The normalized spacial score (nSPS) is 13.1. The first kappa shape index (κ1) is 11.5. The fraction of sp³-hybridized carbons (Fsp3) is 0.200. The van der Waals surface area contributed by atoms with E-state index in [4.69, 9.17) is 11.0 Å². The van der Waals surface area contributed by atoms with Gasteiger partial charge in [0.25, 0.3) is 0 Å². The van der Waals surface area contributed by atoms with Gasteiger partial charge >= 0.3 is 0 Å². The van der Waals surface area contributed by atoms with Crippen LogP contribution < -0.4 is 10.6 Å². The van der Waals surface area contributed by atoms with E-state index in [0.717, 1.165) is 30.8 Å². The van der Waals surface area contributed by atoms with Crippen LogP contribution in [0.25, 0.3) is 0 Å². The van der Waals surface area contributed by atoms with Gasteiger partial charge in [0.2, 0.25) is 0 Å². The third-order valence-corrected chi connectivity index (χ3v) is 3.41. The van der Waals surface area contributed by atoms with Crippen molar-refractivity contribution >= 4 is 11.4 Å². The summed E-state index contributed by atoms with van der Waals surface area (Å²) in [7, 11) is 0. The number of hydrogen-bond donors (Lipinski definition) is 1. The first-order chi connectivity index (χ1) is 9.26. The number of fused-ring (bicyclic) bond motifs is 1. The number of benzene rings is 1. The molecule has 0 unspecified atom stereocenters. The Kier molecular flexibility index (Phi) is 2.81. The number of hydrogen-bond acceptors (Lipinski definition) is 4. The number of nitrogens with zero attached hydrogens (tertiary/aromatic N) is 3. The number of pyridine rings is 1. The molecule has 1 aliphatic heterocycles. The number of anilines is 2. The Hall–Kier alpha value is -2.54. The van der Waals surface area contributed by atoms with Crippen LogP contribution in [0, 0.1) is 11.3 Å². The van der Waals surface area contributed by atoms with Crippen LogP contribution >= 0.6 is 0 Å². The number of nitriles is 1. The highest BCUT2D eigenvalue weighted by Gasteiger charge is 2.19. The van der Waals surface area contributed by atoms with Crippen LogP contribution in [-0.2, 0) is 13.0 Å². The molecule has 1 aromatic heterocycles.